The second kappa shape index (κ2) is 6.04. The second-order valence-electron chi connectivity index (χ2n) is 3.98. The van der Waals surface area contributed by atoms with E-state index in [9.17, 15) is 22.9 Å². The van der Waals surface area contributed by atoms with E-state index in [2.05, 4.69) is 4.72 Å². The highest BCUT2D eigenvalue weighted by atomic mass is 32.2. The van der Waals surface area contributed by atoms with Crippen molar-refractivity contribution in [1.29, 1.82) is 0 Å². The van der Waals surface area contributed by atoms with Crippen LogP contribution in [0.25, 0.3) is 0 Å². The lowest BCUT2D eigenvalue weighted by atomic mass is 10.2. The van der Waals surface area contributed by atoms with Crippen LogP contribution in [0.3, 0.4) is 0 Å². The molecule has 0 saturated heterocycles. The van der Waals surface area contributed by atoms with Gasteiger partial charge in [-0.1, -0.05) is 13.0 Å². The molecule has 19 heavy (non-hydrogen) atoms. The number of halogens is 1. The third-order valence-corrected chi connectivity index (χ3v) is 3.81. The molecular weight excluding hydrogens is 279 g/mol. The molecule has 0 aromatic heterocycles. The van der Waals surface area contributed by atoms with E-state index >= 15 is 0 Å². The largest absolute Gasteiger partial charge is 0.396 e. The minimum absolute atomic E-state index is 0.105. The second-order valence-corrected chi connectivity index (χ2v) is 5.72. The van der Waals surface area contributed by atoms with Crippen LogP contribution in [-0.4, -0.2) is 31.6 Å². The van der Waals surface area contributed by atoms with Crippen molar-refractivity contribution in [3.8, 4) is 0 Å². The quantitative estimate of drug-likeness (QED) is 0.590. The summed E-state index contributed by atoms with van der Waals surface area (Å²) in [5.41, 5.74) is -1.09. The number of rotatable bonds is 6. The molecule has 1 rings (SSSR count). The Morgan fingerprint density at radius 2 is 2.16 bits per heavy atom. The van der Waals surface area contributed by atoms with Gasteiger partial charge in [-0.2, -0.15) is 4.39 Å². The van der Waals surface area contributed by atoms with Crippen LogP contribution in [0.4, 0.5) is 10.1 Å². The van der Waals surface area contributed by atoms with Gasteiger partial charge in [-0.15, -0.1) is 0 Å². The standard InChI is InChI=1S/C10H13FN2O5S/c1-7(6-14)5-12-19(17,18)9-4-2-3-8(11)10(9)13(15)16/h2-4,7,12,14H,5-6H2,1H3. The minimum atomic E-state index is -4.21. The van der Waals surface area contributed by atoms with Gasteiger partial charge in [0.2, 0.25) is 15.8 Å². The van der Waals surface area contributed by atoms with E-state index < -0.39 is 31.3 Å². The van der Waals surface area contributed by atoms with Crippen molar-refractivity contribution in [2.75, 3.05) is 13.2 Å². The summed E-state index contributed by atoms with van der Waals surface area (Å²) in [5, 5.41) is 19.5. The van der Waals surface area contributed by atoms with E-state index in [1.165, 1.54) is 0 Å². The van der Waals surface area contributed by atoms with E-state index in [0.29, 0.717) is 0 Å². The van der Waals surface area contributed by atoms with E-state index in [4.69, 9.17) is 5.11 Å². The van der Waals surface area contributed by atoms with Crippen molar-refractivity contribution in [1.82, 2.24) is 4.72 Å². The van der Waals surface area contributed by atoms with Crippen LogP contribution in [-0.2, 0) is 10.0 Å². The molecule has 2 N–H and O–H groups in total. The third kappa shape index (κ3) is 3.69. The first-order valence-corrected chi connectivity index (χ1v) is 6.81. The smallest absolute Gasteiger partial charge is 0.324 e. The van der Waals surface area contributed by atoms with E-state index in [-0.39, 0.29) is 19.1 Å². The molecule has 0 bridgehead atoms. The molecule has 0 spiro atoms. The number of benzene rings is 1. The van der Waals surface area contributed by atoms with Gasteiger partial charge in [0.25, 0.3) is 0 Å². The third-order valence-electron chi connectivity index (χ3n) is 2.36. The highest BCUT2D eigenvalue weighted by Gasteiger charge is 2.29. The fourth-order valence-electron chi connectivity index (χ4n) is 1.28. The number of nitro groups is 1. The number of nitro benzene ring substituents is 1. The number of sulfonamides is 1. The van der Waals surface area contributed by atoms with Crippen molar-refractivity contribution in [2.45, 2.75) is 11.8 Å². The van der Waals surface area contributed by atoms with Crippen LogP contribution in [0.5, 0.6) is 0 Å². The molecule has 1 unspecified atom stereocenters. The van der Waals surface area contributed by atoms with E-state index in [1.807, 2.05) is 0 Å². The molecule has 1 atom stereocenters. The maximum atomic E-state index is 13.3. The Hall–Kier alpha value is -1.58. The lowest BCUT2D eigenvalue weighted by Gasteiger charge is -2.10. The van der Waals surface area contributed by atoms with Crippen molar-refractivity contribution < 1.29 is 22.8 Å². The van der Waals surface area contributed by atoms with Gasteiger partial charge in [-0.3, -0.25) is 10.1 Å². The summed E-state index contributed by atoms with van der Waals surface area (Å²) in [6.07, 6.45) is 0. The fraction of sp³-hybridized carbons (Fsp3) is 0.400. The highest BCUT2D eigenvalue weighted by molar-refractivity contribution is 7.89. The SMILES string of the molecule is CC(CO)CNS(=O)(=O)c1cccc(F)c1[N+](=O)[O-]. The number of hydrogen-bond acceptors (Lipinski definition) is 5. The van der Waals surface area contributed by atoms with Crippen molar-refractivity contribution >= 4 is 15.7 Å². The first-order valence-electron chi connectivity index (χ1n) is 5.33. The Kier molecular flexibility index (Phi) is 4.92. The molecule has 7 nitrogen and oxygen atoms in total. The Labute approximate surface area is 109 Å². The molecule has 0 heterocycles. The lowest BCUT2D eigenvalue weighted by Crippen LogP contribution is -2.30. The Balaban J connectivity index is 3.15. The summed E-state index contributed by atoms with van der Waals surface area (Å²) in [6, 6.07) is 2.84. The van der Waals surface area contributed by atoms with Crippen molar-refractivity contribution in [3.05, 3.63) is 34.1 Å². The summed E-state index contributed by atoms with van der Waals surface area (Å²) < 4.78 is 39.1. The maximum Gasteiger partial charge on any atom is 0.324 e. The number of nitrogens with one attached hydrogen (secondary N) is 1. The average Bonchev–Trinajstić information content (AvgIpc) is 2.35. The summed E-state index contributed by atoms with van der Waals surface area (Å²) in [7, 11) is -4.21. The number of para-hydroxylation sites is 1. The van der Waals surface area contributed by atoms with Gasteiger partial charge in [-0.25, -0.2) is 13.1 Å². The van der Waals surface area contributed by atoms with Crippen LogP contribution in [0, 0.1) is 21.8 Å². The Bertz CT molecular complexity index is 575. The van der Waals surface area contributed by atoms with Crippen LogP contribution < -0.4 is 4.72 Å². The molecule has 1 aromatic carbocycles. The number of nitrogens with zero attached hydrogens (tertiary/aromatic N) is 1. The maximum absolute atomic E-state index is 13.3. The first kappa shape index (κ1) is 15.5. The first-order chi connectivity index (χ1) is 8.79. The van der Waals surface area contributed by atoms with Gasteiger partial charge in [0.1, 0.15) is 0 Å². The molecule has 0 aliphatic carbocycles. The van der Waals surface area contributed by atoms with Gasteiger partial charge < -0.3 is 5.11 Å². The predicted molar refractivity (Wildman–Crippen MR) is 64.5 cm³/mol. The zero-order valence-electron chi connectivity index (χ0n) is 10.0. The summed E-state index contributed by atoms with van der Waals surface area (Å²) in [4.78, 5) is 8.90. The molecule has 106 valence electrons. The molecule has 0 radical (unpaired) electrons. The van der Waals surface area contributed by atoms with E-state index in [1.54, 1.807) is 6.92 Å². The van der Waals surface area contributed by atoms with Crippen LogP contribution >= 0.6 is 0 Å². The van der Waals surface area contributed by atoms with Crippen LogP contribution in [0.15, 0.2) is 23.1 Å². The lowest BCUT2D eigenvalue weighted by molar-refractivity contribution is -0.390. The van der Waals surface area contributed by atoms with Crippen LogP contribution in [0.2, 0.25) is 0 Å². The molecule has 0 saturated carbocycles. The number of aliphatic hydroxyl groups is 1. The average molecular weight is 292 g/mol. The Morgan fingerprint density at radius 1 is 1.53 bits per heavy atom. The fourth-order valence-corrected chi connectivity index (χ4v) is 2.63. The van der Waals surface area contributed by atoms with Gasteiger partial charge >= 0.3 is 5.69 Å². The topological polar surface area (TPSA) is 110 Å². The van der Waals surface area contributed by atoms with Gasteiger partial charge in [0.05, 0.1) is 4.92 Å². The normalized spacial score (nSPS) is 13.2. The number of hydrogen-bond donors (Lipinski definition) is 2. The van der Waals surface area contributed by atoms with Gasteiger partial charge in [0, 0.05) is 13.2 Å². The van der Waals surface area contributed by atoms with Crippen molar-refractivity contribution in [2.24, 2.45) is 5.92 Å². The summed E-state index contributed by atoms with van der Waals surface area (Å²) >= 11 is 0. The van der Waals surface area contributed by atoms with E-state index in [0.717, 1.165) is 18.2 Å². The molecule has 0 aliphatic rings. The van der Waals surface area contributed by atoms with Crippen molar-refractivity contribution in [3.63, 3.8) is 0 Å². The number of aliphatic hydroxyl groups excluding tert-OH is 1. The molecule has 9 heteroatoms. The molecule has 0 fully saturated rings. The summed E-state index contributed by atoms with van der Waals surface area (Å²) in [6.45, 7) is 1.24. The monoisotopic (exact) mass is 292 g/mol. The van der Waals surface area contributed by atoms with Gasteiger partial charge in [0.15, 0.2) is 4.90 Å². The molecule has 0 aliphatic heterocycles. The Morgan fingerprint density at radius 3 is 2.68 bits per heavy atom. The van der Waals surface area contributed by atoms with Crippen LogP contribution in [0.1, 0.15) is 6.92 Å². The minimum Gasteiger partial charge on any atom is -0.396 e. The molecular formula is C10H13FN2O5S. The van der Waals surface area contributed by atoms with Gasteiger partial charge in [-0.05, 0) is 18.1 Å². The zero-order chi connectivity index (χ0) is 14.6. The predicted octanol–water partition coefficient (Wildman–Crippen LogP) is 0.641. The highest BCUT2D eigenvalue weighted by Crippen LogP contribution is 2.26. The molecule has 1 aromatic rings. The zero-order valence-corrected chi connectivity index (χ0v) is 10.9. The molecule has 0 amide bonds. The summed E-state index contributed by atoms with van der Waals surface area (Å²) in [5.74, 6) is -1.58.